The van der Waals surface area contributed by atoms with E-state index in [0.717, 1.165) is 44.0 Å². The molecule has 0 aromatic heterocycles. The van der Waals surface area contributed by atoms with Crippen LogP contribution in [0.4, 0.5) is 4.39 Å². The van der Waals surface area contributed by atoms with Gasteiger partial charge in [0.25, 0.3) is 0 Å². The standard InChI is InChI=1S/C22H32FNO3/c1-15(2)9-17-13-24-7-5-16-10-21(26-8-4-6-23)20(25-3)11-18(16)19(24)12-22(17)14-27-22/h10-11,15,17,19H,4-9,12-14H2,1-3H3/t17-,19-,22+/m1/s1. The second-order valence-corrected chi connectivity index (χ2v) is 8.74. The number of hydrogen-bond donors (Lipinski definition) is 0. The number of ether oxygens (including phenoxy) is 3. The molecule has 3 aliphatic heterocycles. The summed E-state index contributed by atoms with van der Waals surface area (Å²) in [5.74, 6) is 2.84. The van der Waals surface area contributed by atoms with Crippen molar-refractivity contribution >= 4 is 0 Å². The first kappa shape index (κ1) is 19.0. The van der Waals surface area contributed by atoms with Crippen LogP contribution >= 0.6 is 0 Å². The number of epoxide rings is 1. The number of halogens is 1. The molecule has 4 rings (SSSR count). The monoisotopic (exact) mass is 377 g/mol. The zero-order valence-corrected chi connectivity index (χ0v) is 16.8. The minimum atomic E-state index is -0.357. The van der Waals surface area contributed by atoms with Crippen molar-refractivity contribution in [2.24, 2.45) is 11.8 Å². The normalized spacial score (nSPS) is 29.5. The highest BCUT2D eigenvalue weighted by Crippen LogP contribution is 2.53. The first-order chi connectivity index (χ1) is 13.1. The number of rotatable bonds is 7. The fourth-order valence-electron chi connectivity index (χ4n) is 4.98. The van der Waals surface area contributed by atoms with Gasteiger partial charge in [-0.25, -0.2) is 0 Å². The minimum Gasteiger partial charge on any atom is -0.493 e. The molecule has 5 heteroatoms. The zero-order valence-electron chi connectivity index (χ0n) is 16.8. The second kappa shape index (κ2) is 7.59. The van der Waals surface area contributed by atoms with Gasteiger partial charge in [-0.05, 0) is 48.4 Å². The largest absolute Gasteiger partial charge is 0.493 e. The van der Waals surface area contributed by atoms with Crippen LogP contribution in [0.15, 0.2) is 12.1 Å². The third-order valence-electron chi connectivity index (χ3n) is 6.44. The number of benzene rings is 1. The van der Waals surface area contributed by atoms with Crippen molar-refractivity contribution in [3.05, 3.63) is 23.3 Å². The van der Waals surface area contributed by atoms with E-state index in [1.165, 1.54) is 17.5 Å². The molecule has 27 heavy (non-hydrogen) atoms. The number of nitrogens with zero attached hydrogens (tertiary/aromatic N) is 1. The van der Waals surface area contributed by atoms with Gasteiger partial charge in [-0.15, -0.1) is 0 Å². The van der Waals surface area contributed by atoms with Crippen molar-refractivity contribution in [3.8, 4) is 11.5 Å². The lowest BCUT2D eigenvalue weighted by molar-refractivity contribution is 0.0224. The summed E-state index contributed by atoms with van der Waals surface area (Å²) in [5, 5.41) is 0. The molecule has 0 amide bonds. The van der Waals surface area contributed by atoms with Gasteiger partial charge in [-0.1, -0.05) is 13.8 Å². The van der Waals surface area contributed by atoms with Crippen LogP contribution in [0.1, 0.15) is 50.3 Å². The summed E-state index contributed by atoms with van der Waals surface area (Å²) in [6, 6.07) is 4.66. The zero-order chi connectivity index (χ0) is 19.0. The van der Waals surface area contributed by atoms with Crippen LogP contribution < -0.4 is 9.47 Å². The average Bonchev–Trinajstić information content (AvgIpc) is 3.42. The van der Waals surface area contributed by atoms with E-state index in [-0.39, 0.29) is 12.3 Å². The van der Waals surface area contributed by atoms with Gasteiger partial charge in [-0.3, -0.25) is 9.29 Å². The summed E-state index contributed by atoms with van der Waals surface area (Å²) >= 11 is 0. The van der Waals surface area contributed by atoms with Gasteiger partial charge < -0.3 is 14.2 Å². The molecular formula is C22H32FNO3. The smallest absolute Gasteiger partial charge is 0.161 e. The van der Waals surface area contributed by atoms with E-state index < -0.39 is 0 Å². The van der Waals surface area contributed by atoms with Crippen molar-refractivity contribution in [2.75, 3.05) is 40.1 Å². The highest BCUT2D eigenvalue weighted by molar-refractivity contribution is 5.50. The Morgan fingerprint density at radius 3 is 2.81 bits per heavy atom. The third kappa shape index (κ3) is 3.68. The topological polar surface area (TPSA) is 34.2 Å². The van der Waals surface area contributed by atoms with E-state index in [4.69, 9.17) is 14.2 Å². The van der Waals surface area contributed by atoms with Crippen LogP contribution in [-0.2, 0) is 11.2 Å². The highest BCUT2D eigenvalue weighted by Gasteiger charge is 2.57. The summed E-state index contributed by atoms with van der Waals surface area (Å²) in [4.78, 5) is 2.64. The Balaban J connectivity index is 1.58. The molecule has 2 fully saturated rings. The van der Waals surface area contributed by atoms with E-state index in [0.29, 0.717) is 30.9 Å². The van der Waals surface area contributed by atoms with Crippen molar-refractivity contribution in [2.45, 2.75) is 51.2 Å². The molecule has 0 N–H and O–H groups in total. The maximum Gasteiger partial charge on any atom is 0.161 e. The van der Waals surface area contributed by atoms with Crippen molar-refractivity contribution in [3.63, 3.8) is 0 Å². The Hall–Kier alpha value is -1.33. The van der Waals surface area contributed by atoms with Crippen LogP contribution in [0.25, 0.3) is 0 Å². The fraction of sp³-hybridized carbons (Fsp3) is 0.727. The number of methoxy groups -OCH3 is 1. The molecule has 0 radical (unpaired) electrons. The SMILES string of the molecule is COc1cc2c(cc1OCCCF)CCN1C[C@@H](CC(C)C)[C@@]3(CO3)C[C@H]21. The van der Waals surface area contributed by atoms with Gasteiger partial charge in [0.1, 0.15) is 0 Å². The van der Waals surface area contributed by atoms with Crippen molar-refractivity contribution in [1.29, 1.82) is 0 Å². The summed E-state index contributed by atoms with van der Waals surface area (Å²) in [5.41, 5.74) is 2.78. The lowest BCUT2D eigenvalue weighted by Gasteiger charge is -2.47. The van der Waals surface area contributed by atoms with Crippen LogP contribution in [0, 0.1) is 11.8 Å². The quantitative estimate of drug-likeness (QED) is 0.528. The molecule has 1 aromatic carbocycles. The van der Waals surface area contributed by atoms with Gasteiger partial charge in [0.05, 0.1) is 32.6 Å². The van der Waals surface area contributed by atoms with Gasteiger partial charge in [0.2, 0.25) is 0 Å². The van der Waals surface area contributed by atoms with Crippen LogP contribution in [0.3, 0.4) is 0 Å². The Bertz CT molecular complexity index is 674. The van der Waals surface area contributed by atoms with Gasteiger partial charge in [0.15, 0.2) is 11.5 Å². The Kier molecular flexibility index (Phi) is 5.34. The molecule has 4 nitrogen and oxygen atoms in total. The summed E-state index contributed by atoms with van der Waals surface area (Å²) in [6.45, 7) is 7.76. The van der Waals surface area contributed by atoms with E-state index >= 15 is 0 Å². The van der Waals surface area contributed by atoms with Crippen molar-refractivity contribution < 1.29 is 18.6 Å². The minimum absolute atomic E-state index is 0.0869. The molecule has 3 atom stereocenters. The molecular weight excluding hydrogens is 345 g/mol. The van der Waals surface area contributed by atoms with Crippen LogP contribution in [0.2, 0.25) is 0 Å². The molecule has 2 saturated heterocycles. The fourth-order valence-corrected chi connectivity index (χ4v) is 4.98. The first-order valence-electron chi connectivity index (χ1n) is 10.3. The summed E-state index contributed by atoms with van der Waals surface area (Å²) in [7, 11) is 1.68. The lowest BCUT2D eigenvalue weighted by atomic mass is 9.74. The molecule has 0 unspecified atom stereocenters. The maximum absolute atomic E-state index is 12.4. The molecule has 3 heterocycles. The predicted octanol–water partition coefficient (Wildman–Crippen LogP) is 4.17. The number of hydrogen-bond acceptors (Lipinski definition) is 4. The number of alkyl halides is 1. The maximum atomic E-state index is 12.4. The molecule has 0 bridgehead atoms. The summed E-state index contributed by atoms with van der Waals surface area (Å²) in [6.07, 6.45) is 3.74. The van der Waals surface area contributed by atoms with E-state index in [9.17, 15) is 4.39 Å². The predicted molar refractivity (Wildman–Crippen MR) is 103 cm³/mol. The first-order valence-corrected chi connectivity index (χ1v) is 10.3. The molecule has 150 valence electrons. The molecule has 3 aliphatic rings. The second-order valence-electron chi connectivity index (χ2n) is 8.74. The molecule has 1 spiro atoms. The van der Waals surface area contributed by atoms with Crippen LogP contribution in [0.5, 0.6) is 11.5 Å². The highest BCUT2D eigenvalue weighted by atomic mass is 19.1. The Morgan fingerprint density at radius 1 is 1.33 bits per heavy atom. The van der Waals surface area contributed by atoms with Gasteiger partial charge in [-0.2, -0.15) is 0 Å². The van der Waals surface area contributed by atoms with E-state index in [2.05, 4.69) is 30.9 Å². The molecule has 1 aromatic rings. The van der Waals surface area contributed by atoms with Gasteiger partial charge >= 0.3 is 0 Å². The lowest BCUT2D eigenvalue weighted by Crippen LogP contribution is -2.50. The molecule has 0 saturated carbocycles. The van der Waals surface area contributed by atoms with Crippen molar-refractivity contribution in [1.82, 2.24) is 4.90 Å². The summed E-state index contributed by atoms with van der Waals surface area (Å²) < 4.78 is 29.8. The Labute approximate surface area is 162 Å². The third-order valence-corrected chi connectivity index (χ3v) is 6.44. The Morgan fingerprint density at radius 2 is 2.15 bits per heavy atom. The number of piperidine rings is 1. The van der Waals surface area contributed by atoms with E-state index in [1.807, 2.05) is 0 Å². The van der Waals surface area contributed by atoms with E-state index in [1.54, 1.807) is 7.11 Å². The molecule has 0 aliphatic carbocycles. The van der Waals surface area contributed by atoms with Gasteiger partial charge in [0, 0.05) is 31.5 Å². The average molecular weight is 378 g/mol. The van der Waals surface area contributed by atoms with Crippen LogP contribution in [-0.4, -0.2) is 50.6 Å². The number of fused-ring (bicyclic) bond motifs is 3.